The summed E-state index contributed by atoms with van der Waals surface area (Å²) in [7, 11) is 0. The normalized spacial score (nSPS) is 11.0. The van der Waals surface area contributed by atoms with Gasteiger partial charge in [-0.15, -0.1) is 35.3 Å². The van der Waals surface area contributed by atoms with E-state index < -0.39 is 5.91 Å². The molecular weight excluding hydrogens is 515 g/mol. The fraction of sp³-hybridized carbons (Fsp3) is 0.400. The number of nitrogens with two attached hydrogens (primary N) is 1. The van der Waals surface area contributed by atoms with E-state index in [1.54, 1.807) is 23.5 Å². The Morgan fingerprint density at radius 1 is 1.17 bits per heavy atom. The zero-order valence-corrected chi connectivity index (χ0v) is 20.5. The van der Waals surface area contributed by atoms with Gasteiger partial charge in [0.2, 0.25) is 5.91 Å². The van der Waals surface area contributed by atoms with Gasteiger partial charge in [-0.2, -0.15) is 0 Å². The van der Waals surface area contributed by atoms with E-state index >= 15 is 0 Å². The average molecular weight is 544 g/mol. The lowest BCUT2D eigenvalue weighted by atomic mass is 10.1. The summed E-state index contributed by atoms with van der Waals surface area (Å²) in [6.45, 7) is 7.92. The quantitative estimate of drug-likeness (QED) is 0.220. The molecule has 164 valence electrons. The van der Waals surface area contributed by atoms with Gasteiger partial charge in [0.25, 0.3) is 5.91 Å². The van der Waals surface area contributed by atoms with Crippen molar-refractivity contribution < 1.29 is 9.59 Å². The molecule has 0 saturated heterocycles. The maximum Gasteiger partial charge on any atom is 0.251 e. The van der Waals surface area contributed by atoms with Gasteiger partial charge in [0.15, 0.2) is 5.96 Å². The minimum atomic E-state index is -0.578. The molecule has 0 unspecified atom stereocenters. The third kappa shape index (κ3) is 8.66. The number of nitrogens with one attached hydrogen (secondary N) is 3. The Morgan fingerprint density at radius 3 is 2.43 bits per heavy atom. The van der Waals surface area contributed by atoms with Gasteiger partial charge in [-0.3, -0.25) is 9.59 Å². The van der Waals surface area contributed by atoms with E-state index in [1.807, 2.05) is 19.1 Å². The number of halogens is 1. The molecule has 2 rings (SSSR count). The van der Waals surface area contributed by atoms with Gasteiger partial charge >= 0.3 is 0 Å². The monoisotopic (exact) mass is 544 g/mol. The topological polar surface area (TPSA) is 122 Å². The van der Waals surface area contributed by atoms with Gasteiger partial charge in [0, 0.05) is 17.5 Å². The molecule has 0 aliphatic carbocycles. The molecule has 0 saturated carbocycles. The van der Waals surface area contributed by atoms with Crippen LogP contribution in [-0.4, -0.2) is 35.8 Å². The van der Waals surface area contributed by atoms with Gasteiger partial charge in [0.1, 0.15) is 5.01 Å². The minimum Gasteiger partial charge on any atom is -0.368 e. The zero-order chi connectivity index (χ0) is 21.2. The number of nitrogens with zero attached hydrogens (tertiary/aromatic N) is 2. The van der Waals surface area contributed by atoms with Crippen LogP contribution in [0.25, 0.3) is 0 Å². The third-order valence-electron chi connectivity index (χ3n) is 3.97. The van der Waals surface area contributed by atoms with Crippen LogP contribution in [0.1, 0.15) is 53.3 Å². The lowest BCUT2D eigenvalue weighted by Gasteiger charge is -2.10. The summed E-state index contributed by atoms with van der Waals surface area (Å²) in [5, 5.41) is 12.1. The SMILES string of the molecule is CCNC(=NCc1ccc(C(=O)NCC(N)=O)cc1)NCc1nc(C(C)C)cs1.I. The predicted octanol–water partition coefficient (Wildman–Crippen LogP) is 2.35. The maximum absolute atomic E-state index is 11.9. The van der Waals surface area contributed by atoms with Gasteiger partial charge in [-0.25, -0.2) is 9.98 Å². The Morgan fingerprint density at radius 2 is 1.87 bits per heavy atom. The summed E-state index contributed by atoms with van der Waals surface area (Å²) >= 11 is 1.64. The van der Waals surface area contributed by atoms with Crippen LogP contribution >= 0.6 is 35.3 Å². The van der Waals surface area contributed by atoms with Crippen LogP contribution in [0.2, 0.25) is 0 Å². The molecule has 1 aromatic heterocycles. The number of aromatic nitrogens is 1. The Kier molecular flexibility index (Phi) is 11.3. The second-order valence-corrected chi connectivity index (χ2v) is 7.66. The summed E-state index contributed by atoms with van der Waals surface area (Å²) in [4.78, 5) is 31.9. The summed E-state index contributed by atoms with van der Waals surface area (Å²) in [6, 6.07) is 7.07. The number of thiazole rings is 1. The molecule has 0 radical (unpaired) electrons. The van der Waals surface area contributed by atoms with Crippen LogP contribution in [-0.2, 0) is 17.9 Å². The number of hydrogen-bond acceptors (Lipinski definition) is 5. The molecule has 5 N–H and O–H groups in total. The molecule has 2 aromatic rings. The van der Waals surface area contributed by atoms with Crippen LogP contribution < -0.4 is 21.7 Å². The molecule has 0 bridgehead atoms. The molecule has 1 heterocycles. The van der Waals surface area contributed by atoms with Crippen molar-refractivity contribution >= 4 is 53.1 Å². The Bertz CT molecular complexity index is 851. The second-order valence-electron chi connectivity index (χ2n) is 6.72. The number of primary amides is 1. The van der Waals surface area contributed by atoms with E-state index in [9.17, 15) is 9.59 Å². The number of aliphatic imine (C=N–C) groups is 1. The van der Waals surface area contributed by atoms with Crippen molar-refractivity contribution in [3.8, 4) is 0 Å². The minimum absolute atomic E-state index is 0. The molecule has 1 aromatic carbocycles. The first kappa shape index (κ1) is 25.8. The standard InChI is InChI=1S/C20H28N6O2S.HI/c1-4-22-20(25-11-18-26-16(12-29-18)13(2)3)24-9-14-5-7-15(8-6-14)19(28)23-10-17(21)27;/h5-8,12-13H,4,9-11H2,1-3H3,(H2,21,27)(H,23,28)(H2,22,24,25);1H. The lowest BCUT2D eigenvalue weighted by molar-refractivity contribution is -0.117. The van der Waals surface area contributed by atoms with Crippen molar-refractivity contribution in [3.63, 3.8) is 0 Å². The zero-order valence-electron chi connectivity index (χ0n) is 17.4. The lowest BCUT2D eigenvalue weighted by Crippen LogP contribution is -2.36. The van der Waals surface area contributed by atoms with E-state index in [1.165, 1.54) is 0 Å². The molecule has 8 nitrogen and oxygen atoms in total. The van der Waals surface area contributed by atoms with Crippen LogP contribution in [0.4, 0.5) is 0 Å². The summed E-state index contributed by atoms with van der Waals surface area (Å²) in [6.07, 6.45) is 0. The molecule has 0 aliphatic rings. The molecule has 0 fully saturated rings. The Hall–Kier alpha value is -2.21. The van der Waals surface area contributed by atoms with Crippen LogP contribution in [0, 0.1) is 0 Å². The molecule has 0 atom stereocenters. The number of carbonyl (C=O) groups excluding carboxylic acids is 2. The van der Waals surface area contributed by atoms with Crippen LogP contribution in [0.3, 0.4) is 0 Å². The van der Waals surface area contributed by atoms with Gasteiger partial charge in [-0.1, -0.05) is 26.0 Å². The first-order valence-electron chi connectivity index (χ1n) is 9.51. The maximum atomic E-state index is 11.9. The van der Waals surface area contributed by atoms with Crippen LogP contribution in [0.15, 0.2) is 34.6 Å². The number of carbonyl (C=O) groups is 2. The van der Waals surface area contributed by atoms with E-state index in [0.717, 1.165) is 22.8 Å². The second kappa shape index (κ2) is 13.2. The summed E-state index contributed by atoms with van der Waals surface area (Å²) in [5.74, 6) is 0.212. The predicted molar refractivity (Wildman–Crippen MR) is 131 cm³/mol. The highest BCUT2D eigenvalue weighted by atomic mass is 127. The fourth-order valence-corrected chi connectivity index (χ4v) is 3.27. The van der Waals surface area contributed by atoms with Crippen molar-refractivity contribution in [1.29, 1.82) is 0 Å². The van der Waals surface area contributed by atoms with Gasteiger partial charge in [0.05, 0.1) is 25.3 Å². The number of rotatable bonds is 9. The van der Waals surface area contributed by atoms with Crippen molar-refractivity contribution in [2.75, 3.05) is 13.1 Å². The largest absolute Gasteiger partial charge is 0.368 e. The van der Waals surface area contributed by atoms with Crippen molar-refractivity contribution in [3.05, 3.63) is 51.5 Å². The number of benzene rings is 1. The smallest absolute Gasteiger partial charge is 0.251 e. The average Bonchev–Trinajstić information content (AvgIpc) is 3.18. The van der Waals surface area contributed by atoms with Crippen molar-refractivity contribution in [2.24, 2.45) is 10.7 Å². The van der Waals surface area contributed by atoms with Crippen molar-refractivity contribution in [1.82, 2.24) is 20.9 Å². The highest BCUT2D eigenvalue weighted by molar-refractivity contribution is 14.0. The molecule has 2 amide bonds. The van der Waals surface area contributed by atoms with E-state index in [0.29, 0.717) is 30.5 Å². The number of amides is 2. The molecule has 0 spiro atoms. The van der Waals surface area contributed by atoms with E-state index in [-0.39, 0.29) is 36.4 Å². The van der Waals surface area contributed by atoms with Crippen LogP contribution in [0.5, 0.6) is 0 Å². The number of guanidine groups is 1. The highest BCUT2D eigenvalue weighted by Gasteiger charge is 2.08. The number of hydrogen-bond donors (Lipinski definition) is 4. The molecular formula is C20H29IN6O2S. The first-order valence-corrected chi connectivity index (χ1v) is 10.4. The summed E-state index contributed by atoms with van der Waals surface area (Å²) < 4.78 is 0. The third-order valence-corrected chi connectivity index (χ3v) is 4.84. The van der Waals surface area contributed by atoms with Gasteiger partial charge < -0.3 is 21.7 Å². The fourth-order valence-electron chi connectivity index (χ4n) is 2.37. The molecule has 10 heteroatoms. The summed E-state index contributed by atoms with van der Waals surface area (Å²) in [5.41, 5.74) is 7.56. The highest BCUT2D eigenvalue weighted by Crippen LogP contribution is 2.17. The molecule has 0 aliphatic heterocycles. The van der Waals surface area contributed by atoms with Crippen molar-refractivity contribution in [2.45, 2.75) is 39.8 Å². The first-order chi connectivity index (χ1) is 13.9. The molecule has 30 heavy (non-hydrogen) atoms. The van der Waals surface area contributed by atoms with E-state index in [4.69, 9.17) is 5.73 Å². The Labute approximate surface area is 198 Å². The Balaban J connectivity index is 0.00000450. The van der Waals surface area contributed by atoms with E-state index in [2.05, 4.69) is 45.2 Å². The van der Waals surface area contributed by atoms with Gasteiger partial charge in [-0.05, 0) is 30.5 Å².